The lowest BCUT2D eigenvalue weighted by atomic mass is 10.2. The van der Waals surface area contributed by atoms with Crippen LogP contribution in [0.4, 0.5) is 10.1 Å². The van der Waals surface area contributed by atoms with Crippen LogP contribution in [-0.4, -0.2) is 26.1 Å². The summed E-state index contributed by atoms with van der Waals surface area (Å²) in [5, 5.41) is 13.4. The molecule has 0 saturated carbocycles. The van der Waals surface area contributed by atoms with Gasteiger partial charge in [-0.1, -0.05) is 12.1 Å². The molecule has 0 radical (unpaired) electrons. The summed E-state index contributed by atoms with van der Waals surface area (Å²) in [6.45, 7) is 0. The van der Waals surface area contributed by atoms with Crippen molar-refractivity contribution in [3.05, 3.63) is 64.6 Å². The molecule has 0 fully saturated rings. The van der Waals surface area contributed by atoms with E-state index in [2.05, 4.69) is 36.8 Å². The summed E-state index contributed by atoms with van der Waals surface area (Å²) in [4.78, 5) is 12.3. The van der Waals surface area contributed by atoms with Crippen molar-refractivity contribution in [2.45, 2.75) is 0 Å². The van der Waals surface area contributed by atoms with Crippen molar-refractivity contribution in [1.82, 2.24) is 20.2 Å². The highest BCUT2D eigenvalue weighted by Gasteiger charge is 2.13. The van der Waals surface area contributed by atoms with Crippen molar-refractivity contribution in [2.24, 2.45) is 0 Å². The standard InChI is InChI=1S/C14H9BrFN5O/c15-11-5-2-6-12(16)13(11)18-14(22)9-3-1-4-10(7-9)21-8-17-19-20-21/h1-8H,(H,18,22). The fourth-order valence-electron chi connectivity index (χ4n) is 1.87. The van der Waals surface area contributed by atoms with Crippen LogP contribution in [0.25, 0.3) is 5.69 Å². The highest BCUT2D eigenvalue weighted by molar-refractivity contribution is 9.10. The Bertz CT molecular complexity index is 802. The van der Waals surface area contributed by atoms with E-state index in [1.165, 1.54) is 17.1 Å². The molecule has 3 rings (SSSR count). The molecular formula is C14H9BrFN5O. The monoisotopic (exact) mass is 361 g/mol. The molecule has 0 unspecified atom stereocenters. The number of hydrogen-bond acceptors (Lipinski definition) is 4. The summed E-state index contributed by atoms with van der Waals surface area (Å²) in [6.07, 6.45) is 1.42. The molecule has 1 amide bonds. The Labute approximate surface area is 133 Å². The van der Waals surface area contributed by atoms with Crippen molar-refractivity contribution in [3.63, 3.8) is 0 Å². The average Bonchev–Trinajstić information content (AvgIpc) is 3.05. The molecular weight excluding hydrogens is 353 g/mol. The zero-order chi connectivity index (χ0) is 15.5. The Morgan fingerprint density at radius 3 is 2.77 bits per heavy atom. The third kappa shape index (κ3) is 2.86. The molecule has 0 atom stereocenters. The number of amides is 1. The zero-order valence-corrected chi connectivity index (χ0v) is 12.7. The van der Waals surface area contributed by atoms with Gasteiger partial charge in [-0.2, -0.15) is 0 Å². The van der Waals surface area contributed by atoms with Gasteiger partial charge >= 0.3 is 0 Å². The van der Waals surface area contributed by atoms with E-state index in [0.29, 0.717) is 15.7 Å². The maximum atomic E-state index is 13.8. The highest BCUT2D eigenvalue weighted by Crippen LogP contribution is 2.25. The summed E-state index contributed by atoms with van der Waals surface area (Å²) in [5.41, 5.74) is 1.09. The van der Waals surface area contributed by atoms with E-state index in [4.69, 9.17) is 0 Å². The lowest BCUT2D eigenvalue weighted by molar-refractivity contribution is 0.102. The van der Waals surface area contributed by atoms with Gasteiger partial charge in [-0.05, 0) is 56.7 Å². The molecule has 0 bridgehead atoms. The van der Waals surface area contributed by atoms with Crippen LogP contribution in [0.1, 0.15) is 10.4 Å². The molecule has 2 aromatic carbocycles. The van der Waals surface area contributed by atoms with E-state index < -0.39 is 11.7 Å². The summed E-state index contributed by atoms with van der Waals surface area (Å²) >= 11 is 3.21. The van der Waals surface area contributed by atoms with E-state index in [-0.39, 0.29) is 5.69 Å². The Kier molecular flexibility index (Phi) is 3.92. The molecule has 0 aliphatic heterocycles. The van der Waals surface area contributed by atoms with E-state index in [1.54, 1.807) is 36.4 Å². The first-order chi connectivity index (χ1) is 10.6. The third-order valence-electron chi connectivity index (χ3n) is 2.92. The molecule has 1 N–H and O–H groups in total. The van der Waals surface area contributed by atoms with Crippen molar-refractivity contribution in [2.75, 3.05) is 5.32 Å². The molecule has 0 aliphatic rings. The van der Waals surface area contributed by atoms with Gasteiger partial charge < -0.3 is 5.32 Å². The van der Waals surface area contributed by atoms with Crippen molar-refractivity contribution in [3.8, 4) is 5.69 Å². The Balaban J connectivity index is 1.88. The van der Waals surface area contributed by atoms with Crippen LogP contribution in [0.5, 0.6) is 0 Å². The SMILES string of the molecule is O=C(Nc1c(F)cccc1Br)c1cccc(-n2cnnn2)c1. The maximum Gasteiger partial charge on any atom is 0.255 e. The second kappa shape index (κ2) is 6.02. The van der Waals surface area contributed by atoms with E-state index in [0.717, 1.165) is 0 Å². The van der Waals surface area contributed by atoms with Crippen LogP contribution in [-0.2, 0) is 0 Å². The lowest BCUT2D eigenvalue weighted by Crippen LogP contribution is -2.14. The largest absolute Gasteiger partial charge is 0.319 e. The normalized spacial score (nSPS) is 10.5. The molecule has 1 heterocycles. The van der Waals surface area contributed by atoms with E-state index in [9.17, 15) is 9.18 Å². The zero-order valence-electron chi connectivity index (χ0n) is 11.1. The Hall–Kier alpha value is -2.61. The number of nitrogens with zero attached hydrogens (tertiary/aromatic N) is 4. The number of carbonyl (C=O) groups is 1. The van der Waals surface area contributed by atoms with Crippen molar-refractivity contribution >= 4 is 27.5 Å². The van der Waals surface area contributed by atoms with Crippen LogP contribution in [0.3, 0.4) is 0 Å². The lowest BCUT2D eigenvalue weighted by Gasteiger charge is -2.09. The number of rotatable bonds is 3. The summed E-state index contributed by atoms with van der Waals surface area (Å²) < 4.78 is 15.6. The van der Waals surface area contributed by atoms with Gasteiger partial charge in [0.15, 0.2) is 0 Å². The Morgan fingerprint density at radius 2 is 2.05 bits per heavy atom. The molecule has 0 aliphatic carbocycles. The number of halogens is 2. The van der Waals surface area contributed by atoms with Gasteiger partial charge in [0.1, 0.15) is 12.1 Å². The minimum atomic E-state index is -0.514. The quantitative estimate of drug-likeness (QED) is 0.778. The van der Waals surface area contributed by atoms with Crippen LogP contribution in [0, 0.1) is 5.82 Å². The third-order valence-corrected chi connectivity index (χ3v) is 3.58. The first-order valence-corrected chi connectivity index (χ1v) is 7.03. The minimum Gasteiger partial charge on any atom is -0.319 e. The molecule has 0 spiro atoms. The molecule has 0 saturated heterocycles. The molecule has 8 heteroatoms. The number of carbonyl (C=O) groups excluding carboxylic acids is 1. The van der Waals surface area contributed by atoms with Crippen LogP contribution in [0.2, 0.25) is 0 Å². The molecule has 3 aromatic rings. The number of benzene rings is 2. The fraction of sp³-hybridized carbons (Fsp3) is 0. The van der Waals surface area contributed by atoms with Crippen molar-refractivity contribution in [1.29, 1.82) is 0 Å². The first-order valence-electron chi connectivity index (χ1n) is 6.24. The number of para-hydroxylation sites is 1. The summed E-state index contributed by atoms with van der Waals surface area (Å²) in [7, 11) is 0. The molecule has 6 nitrogen and oxygen atoms in total. The van der Waals surface area contributed by atoms with Gasteiger partial charge in [0.25, 0.3) is 5.91 Å². The Morgan fingerprint density at radius 1 is 1.23 bits per heavy atom. The molecule has 22 heavy (non-hydrogen) atoms. The number of aromatic nitrogens is 4. The van der Waals surface area contributed by atoms with Gasteiger partial charge in [-0.25, -0.2) is 9.07 Å². The molecule has 110 valence electrons. The second-order valence-corrected chi connectivity index (χ2v) is 5.21. The van der Waals surface area contributed by atoms with Crippen LogP contribution < -0.4 is 5.32 Å². The highest BCUT2D eigenvalue weighted by atomic mass is 79.9. The van der Waals surface area contributed by atoms with E-state index >= 15 is 0 Å². The first kappa shape index (κ1) is 14.3. The number of tetrazole rings is 1. The predicted molar refractivity (Wildman–Crippen MR) is 81.2 cm³/mol. The average molecular weight is 362 g/mol. The number of hydrogen-bond donors (Lipinski definition) is 1. The smallest absolute Gasteiger partial charge is 0.255 e. The predicted octanol–water partition coefficient (Wildman–Crippen LogP) is 2.82. The minimum absolute atomic E-state index is 0.0975. The van der Waals surface area contributed by atoms with Gasteiger partial charge in [0.2, 0.25) is 0 Å². The molecule has 1 aromatic heterocycles. The summed E-state index contributed by atoms with van der Waals surface area (Å²) in [5.74, 6) is -0.944. The second-order valence-electron chi connectivity index (χ2n) is 4.36. The van der Waals surface area contributed by atoms with E-state index in [1.807, 2.05) is 0 Å². The van der Waals surface area contributed by atoms with Crippen molar-refractivity contribution < 1.29 is 9.18 Å². The van der Waals surface area contributed by atoms with Gasteiger partial charge in [0.05, 0.1) is 11.4 Å². The topological polar surface area (TPSA) is 72.7 Å². The summed E-state index contributed by atoms with van der Waals surface area (Å²) in [6, 6.07) is 11.2. The van der Waals surface area contributed by atoms with Gasteiger partial charge in [-0.3, -0.25) is 4.79 Å². The van der Waals surface area contributed by atoms with Gasteiger partial charge in [0, 0.05) is 10.0 Å². The fourth-order valence-corrected chi connectivity index (χ4v) is 2.31. The maximum absolute atomic E-state index is 13.8. The number of anilines is 1. The van der Waals surface area contributed by atoms with Crippen LogP contribution >= 0.6 is 15.9 Å². The number of nitrogens with one attached hydrogen (secondary N) is 1. The van der Waals surface area contributed by atoms with Gasteiger partial charge in [-0.15, -0.1) is 5.10 Å². The van der Waals surface area contributed by atoms with Crippen LogP contribution in [0.15, 0.2) is 53.3 Å².